The Morgan fingerprint density at radius 3 is 2.42 bits per heavy atom. The molecule has 0 saturated carbocycles. The van der Waals surface area contributed by atoms with Gasteiger partial charge < -0.3 is 15.4 Å². The number of ether oxygens (including phenoxy) is 1. The molecule has 1 saturated heterocycles. The zero-order valence-electron chi connectivity index (χ0n) is 13.3. The highest BCUT2D eigenvalue weighted by Gasteiger charge is 2.10. The molecule has 3 N–H and O–H groups in total. The van der Waals surface area contributed by atoms with Crippen LogP contribution in [0.3, 0.4) is 0 Å². The third kappa shape index (κ3) is 4.11. The quantitative estimate of drug-likeness (QED) is 0.511. The molecule has 2 aromatic carbocycles. The van der Waals surface area contributed by atoms with Crippen LogP contribution in [0.25, 0.3) is 0 Å². The number of nitrogens with zero attached hydrogens (tertiary/aromatic N) is 2. The summed E-state index contributed by atoms with van der Waals surface area (Å²) in [5.41, 5.74) is 11.3. The van der Waals surface area contributed by atoms with Gasteiger partial charge >= 0.3 is 0 Å². The highest BCUT2D eigenvalue weighted by molar-refractivity contribution is 5.95. The van der Waals surface area contributed by atoms with Crippen molar-refractivity contribution in [2.45, 2.75) is 0 Å². The molecule has 1 amide bonds. The highest BCUT2D eigenvalue weighted by Crippen LogP contribution is 2.15. The third-order valence-electron chi connectivity index (χ3n) is 3.82. The number of benzene rings is 2. The number of nitrogens with two attached hydrogens (primary N) is 1. The maximum atomic E-state index is 11.9. The predicted octanol–water partition coefficient (Wildman–Crippen LogP) is 1.87. The van der Waals surface area contributed by atoms with E-state index < -0.39 is 0 Å². The van der Waals surface area contributed by atoms with Crippen LogP contribution in [-0.2, 0) is 4.74 Å². The van der Waals surface area contributed by atoms with Crippen molar-refractivity contribution in [2.24, 2.45) is 5.10 Å². The van der Waals surface area contributed by atoms with E-state index in [0.29, 0.717) is 11.3 Å². The van der Waals surface area contributed by atoms with Crippen molar-refractivity contribution in [3.63, 3.8) is 0 Å². The number of rotatable bonds is 4. The first-order valence-electron chi connectivity index (χ1n) is 7.84. The van der Waals surface area contributed by atoms with Gasteiger partial charge in [0.15, 0.2) is 0 Å². The van der Waals surface area contributed by atoms with Gasteiger partial charge in [-0.25, -0.2) is 5.43 Å². The minimum atomic E-state index is -0.267. The molecule has 0 bridgehead atoms. The second-order valence-electron chi connectivity index (χ2n) is 5.51. The maximum absolute atomic E-state index is 11.9. The Morgan fingerprint density at radius 2 is 1.75 bits per heavy atom. The Hall–Kier alpha value is -2.86. The molecule has 1 aliphatic rings. The second kappa shape index (κ2) is 7.61. The molecule has 24 heavy (non-hydrogen) atoms. The molecule has 1 heterocycles. The normalized spacial score (nSPS) is 14.8. The summed E-state index contributed by atoms with van der Waals surface area (Å²) in [5.74, 6) is -0.267. The summed E-state index contributed by atoms with van der Waals surface area (Å²) in [6, 6.07) is 14.7. The van der Waals surface area contributed by atoms with E-state index in [2.05, 4.69) is 27.6 Å². The van der Waals surface area contributed by atoms with Crippen LogP contribution in [0, 0.1) is 0 Å². The fourth-order valence-electron chi connectivity index (χ4n) is 2.46. The number of carbonyl (C=O) groups is 1. The molecule has 0 atom stereocenters. The molecule has 6 heteroatoms. The van der Waals surface area contributed by atoms with Crippen LogP contribution in [0.4, 0.5) is 11.4 Å². The molecule has 2 aromatic rings. The molecular formula is C18H20N4O2. The van der Waals surface area contributed by atoms with Gasteiger partial charge in [-0.2, -0.15) is 5.10 Å². The van der Waals surface area contributed by atoms with E-state index in [1.165, 1.54) is 5.69 Å². The summed E-state index contributed by atoms with van der Waals surface area (Å²) >= 11 is 0. The van der Waals surface area contributed by atoms with Crippen molar-refractivity contribution in [1.29, 1.82) is 0 Å². The smallest absolute Gasteiger partial charge is 0.271 e. The predicted molar refractivity (Wildman–Crippen MR) is 95.4 cm³/mol. The van der Waals surface area contributed by atoms with Crippen molar-refractivity contribution >= 4 is 23.5 Å². The van der Waals surface area contributed by atoms with Crippen LogP contribution in [0.1, 0.15) is 15.9 Å². The van der Waals surface area contributed by atoms with Crippen LogP contribution >= 0.6 is 0 Å². The number of amides is 1. The average molecular weight is 324 g/mol. The van der Waals surface area contributed by atoms with Gasteiger partial charge in [0.2, 0.25) is 0 Å². The molecule has 0 aromatic heterocycles. The van der Waals surface area contributed by atoms with Gasteiger partial charge in [-0.15, -0.1) is 0 Å². The number of nitrogen functional groups attached to an aromatic ring is 1. The standard InChI is InChI=1S/C18H20N4O2/c19-16-5-3-15(4-6-16)18(23)21-20-13-14-1-7-17(8-2-14)22-9-11-24-12-10-22/h1-8,13H,9-12,19H2,(H,21,23)/b20-13+. The Balaban J connectivity index is 1.56. The molecule has 6 nitrogen and oxygen atoms in total. The van der Waals surface area contributed by atoms with E-state index in [1.54, 1.807) is 30.5 Å². The van der Waals surface area contributed by atoms with Crippen molar-refractivity contribution in [1.82, 2.24) is 5.43 Å². The monoisotopic (exact) mass is 324 g/mol. The molecule has 1 aliphatic heterocycles. The number of morpholine rings is 1. The van der Waals surface area contributed by atoms with E-state index >= 15 is 0 Å². The Kier molecular flexibility index (Phi) is 5.08. The van der Waals surface area contributed by atoms with Gasteiger partial charge in [-0.05, 0) is 42.0 Å². The summed E-state index contributed by atoms with van der Waals surface area (Å²) in [5, 5.41) is 3.99. The summed E-state index contributed by atoms with van der Waals surface area (Å²) in [4.78, 5) is 14.2. The Labute approximate surface area is 140 Å². The van der Waals surface area contributed by atoms with Crippen LogP contribution in [0.2, 0.25) is 0 Å². The van der Waals surface area contributed by atoms with Gasteiger partial charge in [0.25, 0.3) is 5.91 Å². The van der Waals surface area contributed by atoms with E-state index in [4.69, 9.17) is 10.5 Å². The van der Waals surface area contributed by atoms with Gasteiger partial charge in [0.05, 0.1) is 19.4 Å². The third-order valence-corrected chi connectivity index (χ3v) is 3.82. The number of hydrogen-bond acceptors (Lipinski definition) is 5. The lowest BCUT2D eigenvalue weighted by atomic mass is 10.2. The molecule has 3 rings (SSSR count). The molecule has 0 radical (unpaired) electrons. The molecular weight excluding hydrogens is 304 g/mol. The van der Waals surface area contributed by atoms with E-state index in [1.807, 2.05) is 12.1 Å². The summed E-state index contributed by atoms with van der Waals surface area (Å²) < 4.78 is 5.35. The number of hydrogen-bond donors (Lipinski definition) is 2. The molecule has 0 aliphatic carbocycles. The van der Waals surface area contributed by atoms with E-state index in [-0.39, 0.29) is 5.91 Å². The van der Waals surface area contributed by atoms with Crippen LogP contribution in [0.15, 0.2) is 53.6 Å². The summed E-state index contributed by atoms with van der Waals surface area (Å²) in [6.45, 7) is 3.34. The first-order chi connectivity index (χ1) is 11.7. The lowest BCUT2D eigenvalue weighted by Gasteiger charge is -2.28. The van der Waals surface area contributed by atoms with Crippen molar-refractivity contribution in [3.05, 3.63) is 59.7 Å². The number of hydrazone groups is 1. The van der Waals surface area contributed by atoms with Crippen LogP contribution < -0.4 is 16.1 Å². The van der Waals surface area contributed by atoms with Crippen LogP contribution in [-0.4, -0.2) is 38.4 Å². The fourth-order valence-corrected chi connectivity index (χ4v) is 2.46. The summed E-state index contributed by atoms with van der Waals surface area (Å²) in [7, 11) is 0. The Morgan fingerprint density at radius 1 is 1.08 bits per heavy atom. The van der Waals surface area contributed by atoms with Crippen molar-refractivity contribution < 1.29 is 9.53 Å². The van der Waals surface area contributed by atoms with Crippen LogP contribution in [0.5, 0.6) is 0 Å². The van der Waals surface area contributed by atoms with Gasteiger partial charge in [0, 0.05) is 30.0 Å². The van der Waals surface area contributed by atoms with Gasteiger partial charge in [0.1, 0.15) is 0 Å². The first kappa shape index (κ1) is 16.0. The number of anilines is 2. The topological polar surface area (TPSA) is 80.0 Å². The number of carbonyl (C=O) groups excluding carboxylic acids is 1. The summed E-state index contributed by atoms with van der Waals surface area (Å²) in [6.07, 6.45) is 1.62. The average Bonchev–Trinajstić information content (AvgIpc) is 2.63. The largest absolute Gasteiger partial charge is 0.399 e. The second-order valence-corrected chi connectivity index (χ2v) is 5.51. The fraction of sp³-hybridized carbons (Fsp3) is 0.222. The molecule has 0 unspecified atom stereocenters. The van der Waals surface area contributed by atoms with E-state index in [9.17, 15) is 4.79 Å². The minimum absolute atomic E-state index is 0.267. The Bertz CT molecular complexity index is 705. The molecule has 1 fully saturated rings. The zero-order chi connectivity index (χ0) is 16.8. The first-order valence-corrected chi connectivity index (χ1v) is 7.84. The van der Waals surface area contributed by atoms with Crippen molar-refractivity contribution in [3.8, 4) is 0 Å². The molecule has 0 spiro atoms. The zero-order valence-corrected chi connectivity index (χ0v) is 13.3. The SMILES string of the molecule is Nc1ccc(C(=O)N/N=C/c2ccc(N3CCOCC3)cc2)cc1. The number of nitrogens with one attached hydrogen (secondary N) is 1. The van der Waals surface area contributed by atoms with Gasteiger partial charge in [-0.3, -0.25) is 4.79 Å². The molecule has 124 valence electrons. The lowest BCUT2D eigenvalue weighted by molar-refractivity contribution is 0.0955. The van der Waals surface area contributed by atoms with Gasteiger partial charge in [-0.1, -0.05) is 12.1 Å². The maximum Gasteiger partial charge on any atom is 0.271 e. The van der Waals surface area contributed by atoms with E-state index in [0.717, 1.165) is 31.9 Å². The lowest BCUT2D eigenvalue weighted by Crippen LogP contribution is -2.36. The minimum Gasteiger partial charge on any atom is -0.399 e. The highest BCUT2D eigenvalue weighted by atomic mass is 16.5. The van der Waals surface area contributed by atoms with Crippen molar-refractivity contribution in [2.75, 3.05) is 36.9 Å².